The lowest BCUT2D eigenvalue weighted by Crippen LogP contribution is -2.37. The first kappa shape index (κ1) is 16.8. The fourth-order valence-electron chi connectivity index (χ4n) is 3.74. The Morgan fingerprint density at radius 3 is 3.07 bits per heavy atom. The van der Waals surface area contributed by atoms with Crippen molar-refractivity contribution in [3.05, 3.63) is 69.3 Å². The largest absolute Gasteiger partial charge is 0.508 e. The van der Waals surface area contributed by atoms with Crippen LogP contribution >= 0.6 is 0 Å². The molecule has 0 radical (unpaired) electrons. The third-order valence-corrected chi connectivity index (χ3v) is 5.10. The van der Waals surface area contributed by atoms with Gasteiger partial charge in [-0.3, -0.25) is 9.69 Å². The minimum absolute atomic E-state index is 0.120. The fourth-order valence-corrected chi connectivity index (χ4v) is 3.74. The molecule has 7 heteroatoms. The van der Waals surface area contributed by atoms with E-state index in [0.717, 1.165) is 29.1 Å². The molecule has 2 aliphatic rings. The van der Waals surface area contributed by atoms with E-state index in [9.17, 15) is 9.90 Å². The van der Waals surface area contributed by atoms with E-state index in [4.69, 9.17) is 9.15 Å². The number of aromatic hydroxyl groups is 1. The van der Waals surface area contributed by atoms with Crippen molar-refractivity contribution in [2.24, 2.45) is 0 Å². The number of rotatable bonds is 3. The first-order chi connectivity index (χ1) is 13.7. The van der Waals surface area contributed by atoms with Crippen LogP contribution in [0.3, 0.4) is 0 Å². The number of nitrogens with zero attached hydrogens (tertiary/aromatic N) is 2. The zero-order chi connectivity index (χ0) is 19.1. The quantitative estimate of drug-likeness (QED) is 0.729. The summed E-state index contributed by atoms with van der Waals surface area (Å²) in [6.45, 7) is 2.56. The Labute approximate surface area is 160 Å². The maximum absolute atomic E-state index is 12.6. The summed E-state index contributed by atoms with van der Waals surface area (Å²) >= 11 is 0. The molecule has 0 aliphatic carbocycles. The van der Waals surface area contributed by atoms with Gasteiger partial charge in [0, 0.05) is 31.6 Å². The Morgan fingerprint density at radius 1 is 1.29 bits per heavy atom. The normalized spacial score (nSPS) is 16.1. The smallest absolute Gasteiger partial charge is 0.256 e. The van der Waals surface area contributed by atoms with Crippen LogP contribution in [0.15, 0.2) is 51.4 Å². The topological polar surface area (TPSA) is 91.6 Å². The molecule has 4 heterocycles. The van der Waals surface area contributed by atoms with E-state index in [1.807, 2.05) is 0 Å². The minimum Gasteiger partial charge on any atom is -0.508 e. The lowest BCUT2D eigenvalue weighted by atomic mass is 10.0. The van der Waals surface area contributed by atoms with Gasteiger partial charge in [-0.25, -0.2) is 4.98 Å². The van der Waals surface area contributed by atoms with Crippen molar-refractivity contribution in [1.29, 1.82) is 0 Å². The Bertz CT molecular complexity index is 1120. The number of aromatic nitrogens is 2. The molecule has 7 nitrogen and oxygen atoms in total. The molecule has 2 N–H and O–H groups in total. The number of benzene rings is 1. The molecule has 0 atom stereocenters. The molecule has 0 unspecified atom stereocenters. The summed E-state index contributed by atoms with van der Waals surface area (Å²) in [4.78, 5) is 22.2. The van der Waals surface area contributed by atoms with Gasteiger partial charge < -0.3 is 19.2 Å². The molecule has 5 rings (SSSR count). The van der Waals surface area contributed by atoms with E-state index >= 15 is 0 Å². The maximum Gasteiger partial charge on any atom is 0.256 e. The highest BCUT2D eigenvalue weighted by Crippen LogP contribution is 2.30. The fraction of sp³-hybridized carbons (Fsp3) is 0.238. The zero-order valence-corrected chi connectivity index (χ0v) is 15.1. The van der Waals surface area contributed by atoms with Crippen molar-refractivity contribution < 1.29 is 14.3 Å². The van der Waals surface area contributed by atoms with Crippen molar-refractivity contribution in [3.63, 3.8) is 0 Å². The van der Waals surface area contributed by atoms with Gasteiger partial charge in [0.25, 0.3) is 5.56 Å². The molecule has 3 aromatic rings. The number of hydrogen-bond acceptors (Lipinski definition) is 6. The van der Waals surface area contributed by atoms with Crippen LogP contribution in [0.1, 0.15) is 16.8 Å². The Balaban J connectivity index is 1.36. The van der Waals surface area contributed by atoms with E-state index in [0.29, 0.717) is 43.3 Å². The minimum atomic E-state index is -0.120. The predicted molar refractivity (Wildman–Crippen MR) is 103 cm³/mol. The standard InChI is InChI=1S/C21H19N3O4/c25-15-3-4-18-14(9-15)8-13(12-28-18)10-24-6-5-17-16(11-24)21(26)23-20(22-17)19-2-1-7-27-19/h1-4,7-9,25H,5-6,10-12H2,(H,22,23,26). The number of phenolic OH excluding ortho intramolecular Hbond substituents is 1. The highest BCUT2D eigenvalue weighted by molar-refractivity contribution is 5.64. The third kappa shape index (κ3) is 3.10. The molecule has 0 bridgehead atoms. The van der Waals surface area contributed by atoms with Crippen LogP contribution in [-0.2, 0) is 13.0 Å². The number of nitrogens with one attached hydrogen (secondary N) is 1. The van der Waals surface area contributed by atoms with Gasteiger partial charge in [0.05, 0.1) is 17.5 Å². The van der Waals surface area contributed by atoms with E-state index < -0.39 is 0 Å². The van der Waals surface area contributed by atoms with Gasteiger partial charge in [0.2, 0.25) is 0 Å². The molecule has 0 fully saturated rings. The average Bonchev–Trinajstić information content (AvgIpc) is 3.23. The molecular weight excluding hydrogens is 358 g/mol. The van der Waals surface area contributed by atoms with Crippen LogP contribution in [0.5, 0.6) is 11.5 Å². The molecule has 28 heavy (non-hydrogen) atoms. The van der Waals surface area contributed by atoms with Crippen LogP contribution in [0.25, 0.3) is 17.7 Å². The van der Waals surface area contributed by atoms with E-state index in [-0.39, 0.29) is 11.3 Å². The number of aromatic amines is 1. The second-order valence-corrected chi connectivity index (χ2v) is 7.09. The highest BCUT2D eigenvalue weighted by Gasteiger charge is 2.23. The lowest BCUT2D eigenvalue weighted by Gasteiger charge is -2.29. The number of furan rings is 1. The van der Waals surface area contributed by atoms with Crippen molar-refractivity contribution in [2.75, 3.05) is 19.7 Å². The monoisotopic (exact) mass is 377 g/mol. The van der Waals surface area contributed by atoms with Crippen molar-refractivity contribution in [2.45, 2.75) is 13.0 Å². The first-order valence-electron chi connectivity index (χ1n) is 9.19. The van der Waals surface area contributed by atoms with Crippen LogP contribution in [0.2, 0.25) is 0 Å². The van der Waals surface area contributed by atoms with Gasteiger partial charge in [0.15, 0.2) is 11.6 Å². The van der Waals surface area contributed by atoms with Gasteiger partial charge >= 0.3 is 0 Å². The van der Waals surface area contributed by atoms with Crippen LogP contribution in [0.4, 0.5) is 0 Å². The molecule has 1 aromatic carbocycles. The molecule has 2 aliphatic heterocycles. The summed E-state index contributed by atoms with van der Waals surface area (Å²) in [5, 5.41) is 9.68. The maximum atomic E-state index is 12.6. The number of hydrogen-bond donors (Lipinski definition) is 2. The molecular formula is C21H19N3O4. The molecule has 0 amide bonds. The second-order valence-electron chi connectivity index (χ2n) is 7.09. The van der Waals surface area contributed by atoms with Gasteiger partial charge in [-0.05, 0) is 42.0 Å². The summed E-state index contributed by atoms with van der Waals surface area (Å²) in [5.41, 5.74) is 3.40. The summed E-state index contributed by atoms with van der Waals surface area (Å²) in [7, 11) is 0. The van der Waals surface area contributed by atoms with Crippen molar-refractivity contribution >= 4 is 6.08 Å². The van der Waals surface area contributed by atoms with Crippen molar-refractivity contribution in [1.82, 2.24) is 14.9 Å². The SMILES string of the molecule is O=c1[nH]c(-c2ccco2)nc2c1CN(CC1=Cc3cc(O)ccc3OC1)CC2. The molecule has 2 aromatic heterocycles. The summed E-state index contributed by atoms with van der Waals surface area (Å²) < 4.78 is 11.1. The Morgan fingerprint density at radius 2 is 2.21 bits per heavy atom. The van der Waals surface area contributed by atoms with Gasteiger partial charge in [0.1, 0.15) is 18.1 Å². The number of H-pyrrole nitrogens is 1. The number of ether oxygens (including phenoxy) is 1. The average molecular weight is 377 g/mol. The molecule has 0 spiro atoms. The van der Waals surface area contributed by atoms with Crippen LogP contribution in [0, 0.1) is 0 Å². The first-order valence-corrected chi connectivity index (χ1v) is 9.19. The Kier molecular flexibility index (Phi) is 4.02. The van der Waals surface area contributed by atoms with Gasteiger partial charge in [-0.1, -0.05) is 0 Å². The number of phenols is 1. The summed E-state index contributed by atoms with van der Waals surface area (Å²) in [5.74, 6) is 2.03. The molecule has 0 saturated carbocycles. The van der Waals surface area contributed by atoms with Crippen molar-refractivity contribution in [3.8, 4) is 23.1 Å². The van der Waals surface area contributed by atoms with E-state index in [1.54, 1.807) is 36.6 Å². The predicted octanol–water partition coefficient (Wildman–Crippen LogP) is 2.57. The van der Waals surface area contributed by atoms with Crippen LogP contribution in [-0.4, -0.2) is 39.7 Å². The molecule has 142 valence electrons. The molecule has 0 saturated heterocycles. The van der Waals surface area contributed by atoms with Gasteiger partial charge in [-0.2, -0.15) is 0 Å². The third-order valence-electron chi connectivity index (χ3n) is 5.10. The summed E-state index contributed by atoms with van der Waals surface area (Å²) in [6, 6.07) is 8.65. The van der Waals surface area contributed by atoms with E-state index in [1.165, 1.54) is 0 Å². The zero-order valence-electron chi connectivity index (χ0n) is 15.1. The Hall–Kier alpha value is -3.32. The lowest BCUT2D eigenvalue weighted by molar-refractivity contribution is 0.254. The number of fused-ring (bicyclic) bond motifs is 2. The van der Waals surface area contributed by atoms with Crippen LogP contribution < -0.4 is 10.3 Å². The second kappa shape index (κ2) is 6.69. The highest BCUT2D eigenvalue weighted by atomic mass is 16.5. The van der Waals surface area contributed by atoms with E-state index in [2.05, 4.69) is 20.9 Å². The summed E-state index contributed by atoms with van der Waals surface area (Å²) in [6.07, 6.45) is 4.32. The van der Waals surface area contributed by atoms with Gasteiger partial charge in [-0.15, -0.1) is 0 Å².